The van der Waals surface area contributed by atoms with Crippen molar-refractivity contribution in [2.45, 2.75) is 32.7 Å². The van der Waals surface area contributed by atoms with E-state index in [0.717, 1.165) is 46.1 Å². The zero-order valence-electron chi connectivity index (χ0n) is 24.1. The Hall–Kier alpha value is -4.58. The Labute approximate surface area is 247 Å². The molecule has 42 heavy (non-hydrogen) atoms. The molecule has 1 saturated heterocycles. The van der Waals surface area contributed by atoms with Crippen molar-refractivity contribution in [3.05, 3.63) is 59.4 Å². The Bertz CT molecular complexity index is 1570. The van der Waals surface area contributed by atoms with Crippen LogP contribution in [-0.2, 0) is 9.47 Å². The van der Waals surface area contributed by atoms with Gasteiger partial charge in [-0.3, -0.25) is 14.6 Å². The van der Waals surface area contributed by atoms with E-state index in [-0.39, 0.29) is 18.0 Å². The Morgan fingerprint density at radius 1 is 1.05 bits per heavy atom. The van der Waals surface area contributed by atoms with Gasteiger partial charge in [0.25, 0.3) is 5.91 Å². The maximum absolute atomic E-state index is 13.3. The molecule has 0 spiro atoms. The molecule has 0 bridgehead atoms. The lowest BCUT2D eigenvalue weighted by molar-refractivity contribution is 0.102. The number of benzene rings is 2. The summed E-state index contributed by atoms with van der Waals surface area (Å²) in [6, 6.07) is 9.68. The highest BCUT2D eigenvalue weighted by atomic mass is 35.5. The summed E-state index contributed by atoms with van der Waals surface area (Å²) in [5.74, 6) is 0.204. The summed E-state index contributed by atoms with van der Waals surface area (Å²) in [7, 11) is 4.16. The third-order valence-corrected chi connectivity index (χ3v) is 7.31. The highest BCUT2D eigenvalue weighted by molar-refractivity contribution is 6.61. The highest BCUT2D eigenvalue weighted by Gasteiger charge is 2.25. The number of aromatic nitrogens is 4. The number of halogens is 1. The number of aryl methyl sites for hydroxylation is 2. The Balaban J connectivity index is 0.000000748. The second-order valence-electron chi connectivity index (χ2n) is 9.73. The van der Waals surface area contributed by atoms with E-state index in [9.17, 15) is 14.4 Å². The molecule has 4 aromatic rings. The molecule has 0 unspecified atom stereocenters. The number of anilines is 1. The average molecular weight is 597 g/mol. The van der Waals surface area contributed by atoms with E-state index in [0.29, 0.717) is 30.1 Å². The first-order chi connectivity index (χ1) is 20.2. The molecular weight excluding hydrogens is 564 g/mol. The third-order valence-electron chi connectivity index (χ3n) is 7.15. The van der Waals surface area contributed by atoms with Gasteiger partial charge in [0, 0.05) is 53.6 Å². The van der Waals surface area contributed by atoms with Crippen LogP contribution in [0.2, 0.25) is 0 Å². The van der Waals surface area contributed by atoms with Gasteiger partial charge in [-0.2, -0.15) is 10.2 Å². The molecule has 0 saturated carbocycles. The van der Waals surface area contributed by atoms with Crippen LogP contribution in [-0.4, -0.2) is 76.7 Å². The van der Waals surface area contributed by atoms with Gasteiger partial charge in [0.15, 0.2) is 0 Å². The number of carbonyl (C=O) groups excluding carboxylic acids is 3. The number of nitrogens with one attached hydrogen (secondary N) is 2. The Morgan fingerprint density at radius 2 is 1.71 bits per heavy atom. The van der Waals surface area contributed by atoms with Gasteiger partial charge in [-0.15, -0.1) is 0 Å². The molecule has 1 fully saturated rings. The van der Waals surface area contributed by atoms with E-state index < -0.39 is 5.43 Å². The summed E-state index contributed by atoms with van der Waals surface area (Å²) >= 11 is 4.60. The fourth-order valence-electron chi connectivity index (χ4n) is 4.91. The molecule has 2 amide bonds. The number of hydrogen-bond acceptors (Lipinski definition) is 8. The number of fused-ring (bicyclic) bond motifs is 1. The topological polar surface area (TPSA) is 141 Å². The van der Waals surface area contributed by atoms with Crippen molar-refractivity contribution < 1.29 is 28.6 Å². The van der Waals surface area contributed by atoms with Gasteiger partial charge >= 0.3 is 11.5 Å². The summed E-state index contributed by atoms with van der Waals surface area (Å²) in [5, 5.41) is 16.0. The largest absolute Gasteiger partial charge is 0.496 e. The third kappa shape index (κ3) is 6.65. The summed E-state index contributed by atoms with van der Waals surface area (Å²) < 4.78 is 16.2. The minimum Gasteiger partial charge on any atom is -0.496 e. The number of methoxy groups -OCH3 is 3. The van der Waals surface area contributed by atoms with Crippen LogP contribution in [0, 0.1) is 13.8 Å². The number of H-pyrrole nitrogens is 1. The standard InChI is InChI=1S/C27H30N6O4.C2H3ClO2/c1-16-6-5-7-17(2)24(16)29-26(34)21-12-20-22(13-23(21)36-3)30-31-25(20)18-14-28-33(15-18)19-8-10-32(11-9-19)27(35)37-4;1-5-2(3)4/h5-7,12-15,19H,8-11H2,1-4H3,(H,29,34)(H,30,31);1H3. The van der Waals surface area contributed by atoms with Gasteiger partial charge in [0.1, 0.15) is 11.4 Å². The van der Waals surface area contributed by atoms with Crippen LogP contribution in [0.15, 0.2) is 42.7 Å². The summed E-state index contributed by atoms with van der Waals surface area (Å²) in [6.07, 6.45) is 5.03. The molecule has 12 nitrogen and oxygen atoms in total. The molecular formula is C29H33ClN6O6. The van der Waals surface area contributed by atoms with E-state index in [4.69, 9.17) is 9.47 Å². The Kier molecular flexibility index (Phi) is 9.68. The fourth-order valence-corrected chi connectivity index (χ4v) is 4.91. The normalized spacial score (nSPS) is 13.2. The molecule has 0 atom stereocenters. The summed E-state index contributed by atoms with van der Waals surface area (Å²) in [4.78, 5) is 36.2. The number of amides is 2. The zero-order valence-corrected chi connectivity index (χ0v) is 24.8. The molecule has 1 aliphatic heterocycles. The van der Waals surface area contributed by atoms with Crippen LogP contribution in [0.1, 0.15) is 40.4 Å². The molecule has 1 aliphatic rings. The quantitative estimate of drug-likeness (QED) is 0.280. The van der Waals surface area contributed by atoms with Gasteiger partial charge in [-0.1, -0.05) is 18.2 Å². The smallest absolute Gasteiger partial charge is 0.409 e. The molecule has 13 heteroatoms. The number of carbonyl (C=O) groups is 3. The van der Waals surface area contributed by atoms with E-state index in [1.54, 1.807) is 24.3 Å². The number of para-hydroxylation sites is 1. The Morgan fingerprint density at radius 3 is 2.31 bits per heavy atom. The first-order valence-corrected chi connectivity index (χ1v) is 13.6. The number of piperidine rings is 1. The molecule has 222 valence electrons. The van der Waals surface area contributed by atoms with Gasteiger partial charge in [-0.05, 0) is 43.9 Å². The van der Waals surface area contributed by atoms with E-state index in [1.165, 1.54) is 14.2 Å². The first kappa shape index (κ1) is 30.4. The molecule has 3 heterocycles. The van der Waals surface area contributed by atoms with E-state index in [1.807, 2.05) is 49.0 Å². The van der Waals surface area contributed by atoms with Gasteiger partial charge in [0.05, 0.1) is 44.6 Å². The summed E-state index contributed by atoms with van der Waals surface area (Å²) in [6.45, 7) is 5.18. The van der Waals surface area contributed by atoms with E-state index >= 15 is 0 Å². The number of hydrogen-bond donors (Lipinski definition) is 2. The van der Waals surface area contributed by atoms with Crippen LogP contribution >= 0.6 is 11.6 Å². The molecule has 2 aromatic carbocycles. The van der Waals surface area contributed by atoms with Crippen molar-refractivity contribution >= 4 is 45.6 Å². The molecule has 5 rings (SSSR count). The van der Waals surface area contributed by atoms with Crippen LogP contribution in [0.25, 0.3) is 22.2 Å². The zero-order chi connectivity index (χ0) is 30.4. The van der Waals surface area contributed by atoms with Crippen molar-refractivity contribution in [1.29, 1.82) is 0 Å². The van der Waals surface area contributed by atoms with Crippen LogP contribution in [0.4, 0.5) is 15.3 Å². The number of likely N-dealkylation sites (tertiary alicyclic amines) is 1. The lowest BCUT2D eigenvalue weighted by atomic mass is 10.0. The molecule has 2 N–H and O–H groups in total. The van der Waals surface area contributed by atoms with Crippen molar-refractivity contribution in [1.82, 2.24) is 24.9 Å². The second kappa shape index (κ2) is 13.4. The summed E-state index contributed by atoms with van der Waals surface area (Å²) in [5.41, 5.74) is 4.72. The van der Waals surface area contributed by atoms with Gasteiger partial charge in [-0.25, -0.2) is 9.59 Å². The number of rotatable bonds is 5. The second-order valence-corrected chi connectivity index (χ2v) is 10.0. The lowest BCUT2D eigenvalue weighted by Gasteiger charge is -2.30. The van der Waals surface area contributed by atoms with Crippen LogP contribution in [0.3, 0.4) is 0 Å². The maximum atomic E-state index is 13.3. The predicted octanol–water partition coefficient (Wildman–Crippen LogP) is 5.70. The maximum Gasteiger partial charge on any atom is 0.409 e. The van der Waals surface area contributed by atoms with Crippen molar-refractivity contribution in [3.63, 3.8) is 0 Å². The number of nitrogens with zero attached hydrogens (tertiary/aromatic N) is 4. The molecule has 0 radical (unpaired) electrons. The minimum atomic E-state index is -0.773. The van der Waals surface area contributed by atoms with Crippen LogP contribution < -0.4 is 10.1 Å². The van der Waals surface area contributed by atoms with E-state index in [2.05, 4.69) is 37.0 Å². The van der Waals surface area contributed by atoms with Crippen molar-refractivity contribution in [2.24, 2.45) is 0 Å². The number of ether oxygens (including phenoxy) is 3. The highest BCUT2D eigenvalue weighted by Crippen LogP contribution is 2.33. The number of aromatic amines is 1. The SMILES string of the molecule is COC(=O)Cl.COC(=O)N1CCC(n2cc(-c3n[nH]c4cc(OC)c(C(=O)Nc5c(C)cccc5C)cc34)cn2)CC1. The van der Waals surface area contributed by atoms with Crippen molar-refractivity contribution in [3.8, 4) is 17.0 Å². The fraction of sp³-hybridized carbons (Fsp3) is 0.345. The predicted molar refractivity (Wildman–Crippen MR) is 158 cm³/mol. The molecule has 0 aliphatic carbocycles. The first-order valence-electron chi connectivity index (χ1n) is 13.2. The van der Waals surface area contributed by atoms with Crippen molar-refractivity contribution in [2.75, 3.05) is 39.7 Å². The average Bonchev–Trinajstić information content (AvgIpc) is 3.65. The van der Waals surface area contributed by atoms with Gasteiger partial charge in [0.2, 0.25) is 0 Å². The van der Waals surface area contributed by atoms with Crippen LogP contribution in [0.5, 0.6) is 5.75 Å². The minimum absolute atomic E-state index is 0.179. The monoisotopic (exact) mass is 596 g/mol. The van der Waals surface area contributed by atoms with Gasteiger partial charge < -0.3 is 24.4 Å². The lowest BCUT2D eigenvalue weighted by Crippen LogP contribution is -2.39. The molecule has 2 aromatic heterocycles.